The van der Waals surface area contributed by atoms with Gasteiger partial charge in [-0.2, -0.15) is 5.10 Å². The quantitative estimate of drug-likeness (QED) is 0.549. The third-order valence-electron chi connectivity index (χ3n) is 7.95. The van der Waals surface area contributed by atoms with E-state index in [0.29, 0.717) is 23.9 Å². The SMILES string of the molecule is CC1(C)Cc2c(-c3cc(NC(=O)NC4CCC45CCN(C(=O)OC(C)(C)C)CC5)ncc3Cl)cnn2C1. The first kappa shape index (κ1) is 25.8. The van der Waals surface area contributed by atoms with E-state index in [-0.39, 0.29) is 29.0 Å². The van der Waals surface area contributed by atoms with Crippen LogP contribution in [0.2, 0.25) is 5.02 Å². The van der Waals surface area contributed by atoms with Crippen LogP contribution >= 0.6 is 11.6 Å². The Kier molecular flexibility index (Phi) is 6.41. The summed E-state index contributed by atoms with van der Waals surface area (Å²) in [6, 6.07) is 1.61. The molecule has 0 aromatic carbocycles. The molecule has 0 radical (unpaired) electrons. The number of halogens is 1. The molecule has 1 spiro atoms. The lowest BCUT2D eigenvalue weighted by Crippen LogP contribution is -2.60. The van der Waals surface area contributed by atoms with Gasteiger partial charge >= 0.3 is 12.1 Å². The van der Waals surface area contributed by atoms with Gasteiger partial charge in [0.15, 0.2) is 0 Å². The lowest BCUT2D eigenvalue weighted by molar-refractivity contribution is -0.0204. The molecule has 2 aliphatic heterocycles. The highest BCUT2D eigenvalue weighted by Gasteiger charge is 2.49. The van der Waals surface area contributed by atoms with Crippen LogP contribution < -0.4 is 10.6 Å². The zero-order valence-corrected chi connectivity index (χ0v) is 23.1. The third-order valence-corrected chi connectivity index (χ3v) is 8.25. The number of aromatic nitrogens is 3. The Bertz CT molecular complexity index is 1210. The van der Waals surface area contributed by atoms with Gasteiger partial charge in [-0.3, -0.25) is 10.00 Å². The number of piperidine rings is 1. The summed E-state index contributed by atoms with van der Waals surface area (Å²) >= 11 is 6.51. The molecule has 10 heteroatoms. The van der Waals surface area contributed by atoms with Crippen molar-refractivity contribution in [2.24, 2.45) is 10.8 Å². The van der Waals surface area contributed by atoms with Crippen LogP contribution in [0.15, 0.2) is 18.5 Å². The van der Waals surface area contributed by atoms with Crippen molar-refractivity contribution in [1.29, 1.82) is 0 Å². The Morgan fingerprint density at radius 1 is 1.14 bits per heavy atom. The maximum absolute atomic E-state index is 12.9. The number of fused-ring (bicyclic) bond motifs is 1. The average Bonchev–Trinajstić information content (AvgIpc) is 3.32. The number of anilines is 1. The van der Waals surface area contributed by atoms with Gasteiger partial charge in [-0.25, -0.2) is 14.6 Å². The van der Waals surface area contributed by atoms with Crippen molar-refractivity contribution in [3.05, 3.63) is 29.2 Å². The zero-order valence-electron chi connectivity index (χ0n) is 22.4. The van der Waals surface area contributed by atoms with E-state index < -0.39 is 5.60 Å². The fourth-order valence-corrected chi connectivity index (χ4v) is 6.08. The molecule has 3 amide bonds. The number of hydrogen-bond acceptors (Lipinski definition) is 5. The maximum atomic E-state index is 12.9. The summed E-state index contributed by atoms with van der Waals surface area (Å²) in [4.78, 5) is 31.5. The van der Waals surface area contributed by atoms with E-state index in [9.17, 15) is 9.59 Å². The van der Waals surface area contributed by atoms with Gasteiger partial charge in [-0.05, 0) is 69.8 Å². The van der Waals surface area contributed by atoms with Crippen LogP contribution in [-0.2, 0) is 17.7 Å². The second-order valence-electron chi connectivity index (χ2n) is 12.6. The van der Waals surface area contributed by atoms with Crippen LogP contribution in [0, 0.1) is 10.8 Å². The molecule has 200 valence electrons. The predicted molar refractivity (Wildman–Crippen MR) is 143 cm³/mol. The molecular formula is C27H37ClN6O3. The minimum absolute atomic E-state index is 0.0278. The first-order valence-corrected chi connectivity index (χ1v) is 13.5. The molecule has 1 atom stereocenters. The van der Waals surface area contributed by atoms with Gasteiger partial charge < -0.3 is 15.0 Å². The van der Waals surface area contributed by atoms with Gasteiger partial charge in [0.05, 0.1) is 11.2 Å². The summed E-state index contributed by atoms with van der Waals surface area (Å²) in [7, 11) is 0. The maximum Gasteiger partial charge on any atom is 0.410 e. The average molecular weight is 529 g/mol. The number of likely N-dealkylation sites (tertiary alicyclic amines) is 1. The molecule has 1 saturated carbocycles. The Labute approximate surface area is 223 Å². The summed E-state index contributed by atoms with van der Waals surface area (Å²) in [5.74, 6) is 0.447. The van der Waals surface area contributed by atoms with Crippen molar-refractivity contribution in [1.82, 2.24) is 25.0 Å². The molecule has 1 saturated heterocycles. The number of nitrogens with zero attached hydrogens (tertiary/aromatic N) is 4. The summed E-state index contributed by atoms with van der Waals surface area (Å²) in [6.07, 6.45) is 7.75. The number of amides is 3. The van der Waals surface area contributed by atoms with Crippen molar-refractivity contribution < 1.29 is 14.3 Å². The molecule has 1 aliphatic carbocycles. The Morgan fingerprint density at radius 2 is 1.86 bits per heavy atom. The number of carbonyl (C=O) groups excluding carboxylic acids is 2. The number of ether oxygens (including phenoxy) is 1. The van der Waals surface area contributed by atoms with Gasteiger partial charge in [0.25, 0.3) is 0 Å². The molecule has 9 nitrogen and oxygen atoms in total. The highest BCUT2D eigenvalue weighted by molar-refractivity contribution is 6.33. The first-order chi connectivity index (χ1) is 17.3. The van der Waals surface area contributed by atoms with Crippen molar-refractivity contribution in [3.8, 4) is 11.1 Å². The smallest absolute Gasteiger partial charge is 0.410 e. The minimum Gasteiger partial charge on any atom is -0.444 e. The molecule has 0 bridgehead atoms. The fourth-order valence-electron chi connectivity index (χ4n) is 5.88. The van der Waals surface area contributed by atoms with E-state index in [2.05, 4.69) is 34.6 Å². The summed E-state index contributed by atoms with van der Waals surface area (Å²) < 4.78 is 7.56. The second kappa shape index (κ2) is 9.19. The van der Waals surface area contributed by atoms with Crippen LogP contribution in [0.5, 0.6) is 0 Å². The van der Waals surface area contributed by atoms with E-state index in [1.807, 2.05) is 37.7 Å². The number of rotatable bonds is 3. The number of hydrogen-bond donors (Lipinski definition) is 2. The Balaban J connectivity index is 1.20. The topological polar surface area (TPSA) is 101 Å². The number of carbonyl (C=O) groups is 2. The van der Waals surface area contributed by atoms with Crippen LogP contribution in [0.4, 0.5) is 15.4 Å². The van der Waals surface area contributed by atoms with Gasteiger partial charge in [0.1, 0.15) is 11.4 Å². The summed E-state index contributed by atoms with van der Waals surface area (Å²) in [5, 5.41) is 11.1. The molecule has 2 fully saturated rings. The number of urea groups is 1. The van der Waals surface area contributed by atoms with Crippen LogP contribution in [-0.4, -0.2) is 56.5 Å². The molecule has 4 heterocycles. The van der Waals surface area contributed by atoms with Crippen molar-refractivity contribution >= 4 is 29.5 Å². The molecule has 37 heavy (non-hydrogen) atoms. The van der Waals surface area contributed by atoms with E-state index in [1.165, 1.54) is 0 Å². The highest BCUT2D eigenvalue weighted by atomic mass is 35.5. The second-order valence-corrected chi connectivity index (χ2v) is 13.0. The highest BCUT2D eigenvalue weighted by Crippen LogP contribution is 2.49. The van der Waals surface area contributed by atoms with Gasteiger partial charge in [-0.15, -0.1) is 0 Å². The Morgan fingerprint density at radius 3 is 2.51 bits per heavy atom. The molecule has 5 rings (SSSR count). The molecule has 2 N–H and O–H groups in total. The van der Waals surface area contributed by atoms with Gasteiger partial charge in [-0.1, -0.05) is 25.4 Å². The van der Waals surface area contributed by atoms with Crippen LogP contribution in [0.3, 0.4) is 0 Å². The van der Waals surface area contributed by atoms with Gasteiger partial charge in [0, 0.05) is 48.7 Å². The van der Waals surface area contributed by atoms with E-state index in [0.717, 1.165) is 55.5 Å². The number of nitrogens with one attached hydrogen (secondary N) is 2. The minimum atomic E-state index is -0.505. The van der Waals surface area contributed by atoms with E-state index >= 15 is 0 Å². The largest absolute Gasteiger partial charge is 0.444 e. The Hall–Kier alpha value is -2.81. The normalized spacial score (nSPS) is 21.8. The monoisotopic (exact) mass is 528 g/mol. The molecular weight excluding hydrogens is 492 g/mol. The van der Waals surface area contributed by atoms with Crippen molar-refractivity contribution in [2.45, 2.75) is 84.9 Å². The molecule has 2 aromatic rings. The zero-order chi connectivity index (χ0) is 26.6. The fraction of sp³-hybridized carbons (Fsp3) is 0.630. The van der Waals surface area contributed by atoms with Crippen molar-refractivity contribution in [2.75, 3.05) is 18.4 Å². The lowest BCUT2D eigenvalue weighted by Gasteiger charge is -2.53. The predicted octanol–water partition coefficient (Wildman–Crippen LogP) is 5.48. The van der Waals surface area contributed by atoms with E-state index in [4.69, 9.17) is 16.3 Å². The molecule has 2 aromatic heterocycles. The number of pyridine rings is 1. The summed E-state index contributed by atoms with van der Waals surface area (Å²) in [5.41, 5.74) is 2.63. The van der Waals surface area contributed by atoms with Crippen LogP contribution in [0.25, 0.3) is 11.1 Å². The lowest BCUT2D eigenvalue weighted by atomic mass is 9.59. The van der Waals surface area contributed by atoms with Gasteiger partial charge in [0.2, 0.25) is 0 Å². The van der Waals surface area contributed by atoms with Crippen molar-refractivity contribution in [3.63, 3.8) is 0 Å². The molecule has 3 aliphatic rings. The first-order valence-electron chi connectivity index (χ1n) is 13.1. The van der Waals surface area contributed by atoms with Crippen LogP contribution in [0.1, 0.15) is 66.0 Å². The summed E-state index contributed by atoms with van der Waals surface area (Å²) in [6.45, 7) is 12.2. The van der Waals surface area contributed by atoms with E-state index in [1.54, 1.807) is 11.1 Å². The molecule has 1 unspecified atom stereocenters. The third kappa shape index (κ3) is 5.28. The standard InChI is InChI=1S/C27H37ClN6O3/c1-25(2,3)37-24(36)33-10-8-27(9-11-33)7-6-21(27)31-23(35)32-22-12-17(19(28)15-29-22)18-14-30-34-16-26(4,5)13-20(18)34/h12,14-15,21H,6-11,13,16H2,1-5H3,(H2,29,31,32,35).